The number of hydrogen-bond donors (Lipinski definition) is 2. The second-order valence-corrected chi connectivity index (χ2v) is 6.43. The Labute approximate surface area is 151 Å². The molecule has 0 spiro atoms. The largest absolute Gasteiger partial charge is 0.508 e. The number of rotatable bonds is 4. The number of carbonyl (C=O) groups is 1. The highest BCUT2D eigenvalue weighted by Crippen LogP contribution is 2.30. The Bertz CT molecular complexity index is 958. The number of phenolic OH excluding ortho intramolecular Hbond substituents is 1. The van der Waals surface area contributed by atoms with Crippen molar-refractivity contribution in [1.29, 1.82) is 0 Å². The van der Waals surface area contributed by atoms with Gasteiger partial charge in [-0.15, -0.1) is 0 Å². The Morgan fingerprint density at radius 3 is 2.65 bits per heavy atom. The van der Waals surface area contributed by atoms with Gasteiger partial charge < -0.3 is 15.7 Å². The minimum Gasteiger partial charge on any atom is -0.508 e. The van der Waals surface area contributed by atoms with Gasteiger partial charge in [0.05, 0.1) is 11.3 Å². The molecule has 132 valence electrons. The number of phenols is 1. The number of benzene rings is 2. The molecule has 0 saturated carbocycles. The normalized spacial score (nSPS) is 13.9. The first-order valence-electron chi connectivity index (χ1n) is 8.65. The van der Waals surface area contributed by atoms with E-state index < -0.39 is 5.91 Å². The molecule has 1 aliphatic heterocycles. The van der Waals surface area contributed by atoms with Crippen molar-refractivity contribution in [2.75, 3.05) is 18.0 Å². The number of nitrogens with two attached hydrogens (primary N) is 1. The fraction of sp³-hybridized carbons (Fsp3) is 0.200. The van der Waals surface area contributed by atoms with Gasteiger partial charge in [0.25, 0.3) is 5.91 Å². The molecule has 2 heterocycles. The van der Waals surface area contributed by atoms with Crippen LogP contribution in [0.4, 0.5) is 5.69 Å². The molecule has 1 saturated heterocycles. The third-order valence-corrected chi connectivity index (χ3v) is 4.72. The van der Waals surface area contributed by atoms with Crippen LogP contribution in [0.15, 0.2) is 54.9 Å². The highest BCUT2D eigenvalue weighted by Gasteiger charge is 2.20. The molecular weight excluding hydrogens is 328 g/mol. The lowest BCUT2D eigenvalue weighted by Crippen LogP contribution is -2.23. The average Bonchev–Trinajstić information content (AvgIpc) is 3.33. The van der Waals surface area contributed by atoms with Crippen molar-refractivity contribution in [2.45, 2.75) is 12.8 Å². The van der Waals surface area contributed by atoms with Crippen molar-refractivity contribution in [3.63, 3.8) is 0 Å². The number of primary amides is 1. The number of hydrogen-bond acceptors (Lipinski definition) is 4. The molecule has 0 atom stereocenters. The lowest BCUT2D eigenvalue weighted by molar-refractivity contribution is 0.100. The maximum absolute atomic E-state index is 11.9. The predicted molar refractivity (Wildman–Crippen MR) is 101 cm³/mol. The molecule has 6 heteroatoms. The van der Waals surface area contributed by atoms with Crippen molar-refractivity contribution in [3.05, 3.63) is 60.4 Å². The smallest absolute Gasteiger partial charge is 0.250 e. The molecule has 1 fully saturated rings. The number of nitrogens with zero attached hydrogens (tertiary/aromatic N) is 3. The molecule has 0 bridgehead atoms. The van der Waals surface area contributed by atoms with Crippen LogP contribution in [0.2, 0.25) is 0 Å². The van der Waals surface area contributed by atoms with E-state index in [9.17, 15) is 9.90 Å². The minimum atomic E-state index is -0.419. The zero-order valence-electron chi connectivity index (χ0n) is 14.3. The van der Waals surface area contributed by atoms with E-state index in [1.54, 1.807) is 30.5 Å². The van der Waals surface area contributed by atoms with Crippen molar-refractivity contribution in [2.24, 2.45) is 5.73 Å². The summed E-state index contributed by atoms with van der Waals surface area (Å²) >= 11 is 0. The van der Waals surface area contributed by atoms with E-state index in [0.717, 1.165) is 48.7 Å². The summed E-state index contributed by atoms with van der Waals surface area (Å²) in [4.78, 5) is 18.5. The zero-order valence-corrected chi connectivity index (χ0v) is 14.3. The summed E-state index contributed by atoms with van der Waals surface area (Å²) in [7, 11) is 0. The van der Waals surface area contributed by atoms with E-state index in [-0.39, 0.29) is 5.75 Å². The van der Waals surface area contributed by atoms with E-state index in [0.29, 0.717) is 5.56 Å². The predicted octanol–water partition coefficient (Wildman–Crippen LogP) is 2.94. The molecule has 0 radical (unpaired) electrons. The Hall–Kier alpha value is -3.28. The van der Waals surface area contributed by atoms with Crippen molar-refractivity contribution < 1.29 is 9.90 Å². The van der Waals surface area contributed by atoms with Gasteiger partial charge in [0.15, 0.2) is 0 Å². The van der Waals surface area contributed by atoms with E-state index in [4.69, 9.17) is 5.73 Å². The number of anilines is 1. The summed E-state index contributed by atoms with van der Waals surface area (Å²) in [6.07, 6.45) is 5.81. The molecule has 6 nitrogen and oxygen atoms in total. The molecule has 1 aromatic heterocycles. The molecule has 3 aromatic rings. The molecule has 1 amide bonds. The van der Waals surface area contributed by atoms with Crippen molar-refractivity contribution in [1.82, 2.24) is 9.55 Å². The quantitative estimate of drug-likeness (QED) is 0.759. The molecule has 0 unspecified atom stereocenters. The lowest BCUT2D eigenvalue weighted by atomic mass is 10.1. The van der Waals surface area contributed by atoms with E-state index >= 15 is 0 Å². The van der Waals surface area contributed by atoms with Crippen molar-refractivity contribution in [3.8, 4) is 22.8 Å². The molecule has 1 aliphatic rings. The summed E-state index contributed by atoms with van der Waals surface area (Å²) in [5.41, 5.74) is 8.69. The van der Waals surface area contributed by atoms with Gasteiger partial charge in [0.1, 0.15) is 11.6 Å². The van der Waals surface area contributed by atoms with E-state index in [1.165, 1.54) is 0 Å². The Kier molecular flexibility index (Phi) is 4.08. The maximum Gasteiger partial charge on any atom is 0.250 e. The fourth-order valence-corrected chi connectivity index (χ4v) is 3.47. The Morgan fingerprint density at radius 2 is 1.92 bits per heavy atom. The van der Waals surface area contributed by atoms with Crippen LogP contribution >= 0.6 is 0 Å². The molecule has 2 aromatic carbocycles. The minimum absolute atomic E-state index is 0.193. The number of aromatic nitrogens is 2. The fourth-order valence-electron chi connectivity index (χ4n) is 3.47. The van der Waals surface area contributed by atoms with Gasteiger partial charge in [-0.05, 0) is 43.2 Å². The standard InChI is InChI=1S/C20H20N4O2/c21-19(26)17-7-6-15(13-18(17)23-9-1-2-10-23)24-11-8-22-20(24)14-4-3-5-16(25)12-14/h3-8,11-13,25H,1-2,9-10H2,(H2,21,26). The van der Waals surface area contributed by atoms with Gasteiger partial charge in [0, 0.05) is 36.7 Å². The van der Waals surface area contributed by atoms with Crippen LogP contribution in [0.1, 0.15) is 23.2 Å². The van der Waals surface area contributed by atoms with Gasteiger partial charge in [0.2, 0.25) is 0 Å². The first kappa shape index (κ1) is 16.2. The topological polar surface area (TPSA) is 84.4 Å². The SMILES string of the molecule is NC(=O)c1ccc(-n2ccnc2-c2cccc(O)c2)cc1N1CCCC1. The summed E-state index contributed by atoms with van der Waals surface area (Å²) < 4.78 is 1.94. The second kappa shape index (κ2) is 6.55. The third kappa shape index (κ3) is 2.90. The number of carbonyl (C=O) groups excluding carboxylic acids is 1. The van der Waals surface area contributed by atoms with Crippen LogP contribution in [-0.2, 0) is 0 Å². The van der Waals surface area contributed by atoms with E-state index in [1.807, 2.05) is 29.0 Å². The lowest BCUT2D eigenvalue weighted by Gasteiger charge is -2.21. The van der Waals surface area contributed by atoms with Crippen molar-refractivity contribution >= 4 is 11.6 Å². The van der Waals surface area contributed by atoms with Gasteiger partial charge in [-0.25, -0.2) is 4.98 Å². The molecular formula is C20H20N4O2. The first-order chi connectivity index (χ1) is 12.6. The third-order valence-electron chi connectivity index (χ3n) is 4.72. The second-order valence-electron chi connectivity index (χ2n) is 6.43. The molecule has 4 rings (SSSR count). The molecule has 0 aliphatic carbocycles. The van der Waals surface area contributed by atoms with Crippen LogP contribution in [0.5, 0.6) is 5.75 Å². The molecule has 26 heavy (non-hydrogen) atoms. The summed E-state index contributed by atoms with van der Waals surface area (Å²) in [5.74, 6) is 0.497. The summed E-state index contributed by atoms with van der Waals surface area (Å²) in [6, 6.07) is 12.6. The van der Waals surface area contributed by atoms with E-state index in [2.05, 4.69) is 9.88 Å². The first-order valence-corrected chi connectivity index (χ1v) is 8.65. The van der Waals surface area contributed by atoms with Gasteiger partial charge in [-0.2, -0.15) is 0 Å². The Balaban J connectivity index is 1.81. The molecule has 3 N–H and O–H groups in total. The number of aromatic hydroxyl groups is 1. The zero-order chi connectivity index (χ0) is 18.1. The van der Waals surface area contributed by atoms with Crippen LogP contribution in [0.3, 0.4) is 0 Å². The van der Waals surface area contributed by atoms with Crippen LogP contribution in [0.25, 0.3) is 17.1 Å². The van der Waals surface area contributed by atoms with Crippen LogP contribution in [0, 0.1) is 0 Å². The maximum atomic E-state index is 11.9. The Morgan fingerprint density at radius 1 is 1.12 bits per heavy atom. The number of imidazole rings is 1. The summed E-state index contributed by atoms with van der Waals surface area (Å²) in [5, 5.41) is 9.76. The van der Waals surface area contributed by atoms with Gasteiger partial charge >= 0.3 is 0 Å². The van der Waals surface area contributed by atoms with Crippen LogP contribution in [-0.4, -0.2) is 33.7 Å². The summed E-state index contributed by atoms with van der Waals surface area (Å²) in [6.45, 7) is 1.85. The monoisotopic (exact) mass is 348 g/mol. The highest BCUT2D eigenvalue weighted by atomic mass is 16.3. The van der Waals surface area contributed by atoms with Gasteiger partial charge in [-0.1, -0.05) is 12.1 Å². The number of amides is 1. The average molecular weight is 348 g/mol. The van der Waals surface area contributed by atoms with Gasteiger partial charge in [-0.3, -0.25) is 9.36 Å². The van der Waals surface area contributed by atoms with Crippen LogP contribution < -0.4 is 10.6 Å². The highest BCUT2D eigenvalue weighted by molar-refractivity contribution is 5.99.